The molecule has 256 valence electrons. The molecule has 0 spiro atoms. The van der Waals surface area contributed by atoms with Crippen molar-refractivity contribution in [3.63, 3.8) is 0 Å². The first-order chi connectivity index (χ1) is 22.2. The number of fused-ring (bicyclic) bond motifs is 1. The Morgan fingerprint density at radius 1 is 1.00 bits per heavy atom. The fourth-order valence-electron chi connectivity index (χ4n) is 6.04. The zero-order chi connectivity index (χ0) is 33.8. The molecule has 5 rings (SSSR count). The van der Waals surface area contributed by atoms with Crippen LogP contribution in [0, 0.1) is 11.8 Å². The van der Waals surface area contributed by atoms with E-state index in [-0.39, 0.29) is 34.5 Å². The lowest BCUT2D eigenvalue weighted by molar-refractivity contribution is -0.153. The number of rotatable bonds is 9. The van der Waals surface area contributed by atoms with Crippen molar-refractivity contribution >= 4 is 45.2 Å². The summed E-state index contributed by atoms with van der Waals surface area (Å²) in [5.74, 6) is 5.57. The van der Waals surface area contributed by atoms with Gasteiger partial charge in [0, 0.05) is 30.5 Å². The van der Waals surface area contributed by atoms with Crippen LogP contribution in [0.2, 0.25) is 0 Å². The molecule has 14 heteroatoms. The van der Waals surface area contributed by atoms with Crippen LogP contribution in [0.3, 0.4) is 0 Å². The predicted molar refractivity (Wildman–Crippen MR) is 176 cm³/mol. The maximum absolute atomic E-state index is 13.7. The Bertz CT molecular complexity index is 1650. The molecule has 0 amide bonds. The second kappa shape index (κ2) is 14.7. The summed E-state index contributed by atoms with van der Waals surface area (Å²) < 4.78 is 103. The van der Waals surface area contributed by atoms with Gasteiger partial charge in [0.15, 0.2) is 6.61 Å². The van der Waals surface area contributed by atoms with E-state index in [4.69, 9.17) is 9.47 Å². The third-order valence-electron chi connectivity index (χ3n) is 8.36. The fourth-order valence-corrected chi connectivity index (χ4v) is 8.08. The van der Waals surface area contributed by atoms with Crippen molar-refractivity contribution in [3.8, 4) is 17.6 Å². The summed E-state index contributed by atoms with van der Waals surface area (Å²) in [6.07, 6.45) is -6.16. The number of benzene rings is 2. The van der Waals surface area contributed by atoms with Crippen LogP contribution in [0.1, 0.15) is 36.1 Å². The Balaban J connectivity index is 1.33. The van der Waals surface area contributed by atoms with Gasteiger partial charge in [0.25, 0.3) is 0 Å². The van der Waals surface area contributed by atoms with Gasteiger partial charge in [-0.25, -0.2) is 0 Å². The molecule has 1 aliphatic heterocycles. The van der Waals surface area contributed by atoms with E-state index >= 15 is 0 Å². The first-order valence-electron chi connectivity index (χ1n) is 15.5. The van der Waals surface area contributed by atoms with Gasteiger partial charge in [-0.1, -0.05) is 24.0 Å². The van der Waals surface area contributed by atoms with Gasteiger partial charge >= 0.3 is 12.4 Å². The summed E-state index contributed by atoms with van der Waals surface area (Å²) in [5, 5.41) is 7.34. The molecule has 47 heavy (non-hydrogen) atoms. The molecule has 0 atom stereocenters. The topological polar surface area (TPSA) is 62.8 Å². The quantitative estimate of drug-likeness (QED) is 0.136. The summed E-state index contributed by atoms with van der Waals surface area (Å²) in [6.45, 7) is 4.78. The molecule has 2 fully saturated rings. The number of hydrogen-bond acceptors (Lipinski definition) is 7. The van der Waals surface area contributed by atoms with E-state index in [1.54, 1.807) is 12.1 Å². The van der Waals surface area contributed by atoms with E-state index in [1.165, 1.54) is 42.9 Å². The van der Waals surface area contributed by atoms with Crippen LogP contribution >= 0.6 is 18.5 Å². The normalized spacial score (nSPS) is 19.7. The molecule has 1 saturated carbocycles. The fraction of sp³-hybridized carbons (Fsp3) is 0.515. The van der Waals surface area contributed by atoms with Crippen molar-refractivity contribution < 1.29 is 40.4 Å². The number of thiophene rings is 1. The number of ether oxygens (including phenoxy) is 2. The van der Waals surface area contributed by atoms with Crippen LogP contribution < -0.4 is 20.7 Å². The van der Waals surface area contributed by atoms with Gasteiger partial charge in [-0.2, -0.15) is 26.3 Å². The molecule has 1 saturated heterocycles. The van der Waals surface area contributed by atoms with E-state index in [1.807, 2.05) is 6.07 Å². The third kappa shape index (κ3) is 9.82. The molecule has 1 aliphatic carbocycles. The number of alkyl halides is 6. The van der Waals surface area contributed by atoms with Crippen LogP contribution in [-0.2, 0) is 15.7 Å². The highest BCUT2D eigenvalue weighted by Gasteiger charge is 2.32. The first kappa shape index (κ1) is 35.4. The highest BCUT2D eigenvalue weighted by molar-refractivity contribution is 7.70. The SMILES string of the molecule is CP(C)(=O)c1ccc(NCC#Cc2sc3c(NC4CCC(N5CCOCC5)CC4)cccc3c2CC(F)(F)F)c(OCC(F)(F)F)c1. The average molecular weight is 702 g/mol. The number of anilines is 2. The van der Waals surface area contributed by atoms with Gasteiger partial charge in [-0.3, -0.25) is 4.90 Å². The van der Waals surface area contributed by atoms with E-state index in [2.05, 4.69) is 27.4 Å². The molecule has 3 aromatic rings. The van der Waals surface area contributed by atoms with E-state index in [9.17, 15) is 30.9 Å². The van der Waals surface area contributed by atoms with Crippen molar-refractivity contribution in [2.75, 3.05) is 63.4 Å². The Morgan fingerprint density at radius 2 is 1.72 bits per heavy atom. The number of hydrogen-bond donors (Lipinski definition) is 2. The maximum atomic E-state index is 13.7. The first-order valence-corrected chi connectivity index (χ1v) is 18.9. The number of nitrogens with one attached hydrogen (secondary N) is 2. The molecular formula is C33H38F6N3O3PS. The molecule has 2 aliphatic rings. The predicted octanol–water partition coefficient (Wildman–Crippen LogP) is 7.71. The van der Waals surface area contributed by atoms with Crippen molar-refractivity contribution in [3.05, 3.63) is 46.8 Å². The highest BCUT2D eigenvalue weighted by atomic mass is 32.1. The summed E-state index contributed by atoms with van der Waals surface area (Å²) in [5.41, 5.74) is 1.08. The van der Waals surface area contributed by atoms with E-state index in [0.29, 0.717) is 21.4 Å². The minimum absolute atomic E-state index is 0.0746. The summed E-state index contributed by atoms with van der Waals surface area (Å²) >= 11 is 1.20. The van der Waals surface area contributed by atoms with Gasteiger partial charge in [0.2, 0.25) is 0 Å². The molecule has 0 unspecified atom stereocenters. The van der Waals surface area contributed by atoms with Gasteiger partial charge < -0.3 is 24.7 Å². The summed E-state index contributed by atoms with van der Waals surface area (Å²) in [6, 6.07) is 10.4. The monoisotopic (exact) mass is 701 g/mol. The van der Waals surface area contributed by atoms with E-state index < -0.39 is 32.5 Å². The van der Waals surface area contributed by atoms with E-state index in [0.717, 1.165) is 57.7 Å². The molecule has 2 heterocycles. The van der Waals surface area contributed by atoms with Crippen LogP contribution in [-0.4, -0.2) is 82.1 Å². The average Bonchev–Trinajstić information content (AvgIpc) is 3.35. The van der Waals surface area contributed by atoms with Crippen molar-refractivity contribution in [2.24, 2.45) is 0 Å². The zero-order valence-corrected chi connectivity index (χ0v) is 27.9. The van der Waals surface area contributed by atoms with Crippen LogP contribution in [0.4, 0.5) is 37.7 Å². The third-order valence-corrected chi connectivity index (χ3v) is 11.1. The van der Waals surface area contributed by atoms with Gasteiger partial charge in [0.1, 0.15) is 12.9 Å². The van der Waals surface area contributed by atoms with Crippen LogP contribution in [0.5, 0.6) is 5.75 Å². The lowest BCUT2D eigenvalue weighted by Gasteiger charge is -2.39. The Labute approximate surface area is 274 Å². The summed E-state index contributed by atoms with van der Waals surface area (Å²) in [7, 11) is -2.78. The lowest BCUT2D eigenvalue weighted by Crippen LogP contribution is -2.46. The van der Waals surface area contributed by atoms with Crippen molar-refractivity contribution in [1.82, 2.24) is 4.90 Å². The zero-order valence-electron chi connectivity index (χ0n) is 26.2. The van der Waals surface area contributed by atoms with Gasteiger partial charge in [0.05, 0.1) is 47.1 Å². The molecule has 0 radical (unpaired) electrons. The second-order valence-electron chi connectivity index (χ2n) is 12.3. The summed E-state index contributed by atoms with van der Waals surface area (Å²) in [4.78, 5) is 2.77. The van der Waals surface area contributed by atoms with Gasteiger partial charge in [-0.15, -0.1) is 11.3 Å². The number of morpholine rings is 1. The molecule has 2 N–H and O–H groups in total. The Morgan fingerprint density at radius 3 is 2.38 bits per heavy atom. The Hall–Kier alpha value is -2.91. The molecule has 2 aromatic carbocycles. The second-order valence-corrected chi connectivity index (χ2v) is 16.5. The molecule has 0 bridgehead atoms. The number of halogens is 6. The highest BCUT2D eigenvalue weighted by Crippen LogP contribution is 2.40. The van der Waals surface area contributed by atoms with Gasteiger partial charge in [-0.05, 0) is 74.2 Å². The maximum Gasteiger partial charge on any atom is 0.422 e. The van der Waals surface area contributed by atoms with Crippen molar-refractivity contribution in [1.29, 1.82) is 0 Å². The standard InChI is InChI=1S/C33H38F6N3O3PS/c1-46(2,43)24-12-13-27(29(19-24)45-21-33(37,38)39)40-14-4-7-30-26(20-32(34,35)36)25-5-3-6-28(31(25)47-30)41-22-8-10-23(11-9-22)42-15-17-44-18-16-42/h3,5-6,12-13,19,22-23,40-41H,8-11,14-18,20-21H2,1-2H3. The molecule has 6 nitrogen and oxygen atoms in total. The minimum Gasteiger partial charge on any atom is -0.482 e. The largest absolute Gasteiger partial charge is 0.482 e. The van der Waals surface area contributed by atoms with Crippen LogP contribution in [0.25, 0.3) is 10.1 Å². The lowest BCUT2D eigenvalue weighted by atomic mass is 9.89. The minimum atomic E-state index is -4.58. The molecule has 1 aromatic heterocycles. The Kier molecular flexibility index (Phi) is 11.1. The van der Waals surface area contributed by atoms with Crippen LogP contribution in [0.15, 0.2) is 36.4 Å². The smallest absolute Gasteiger partial charge is 0.422 e. The molecular weight excluding hydrogens is 663 g/mol. The number of nitrogens with zero attached hydrogens (tertiary/aromatic N) is 1. The van der Waals surface area contributed by atoms with Crippen molar-refractivity contribution in [2.45, 2.75) is 56.5 Å².